The third-order valence-corrected chi connectivity index (χ3v) is 3.93. The van der Waals surface area contributed by atoms with E-state index in [0.717, 1.165) is 5.69 Å². The molecule has 1 heterocycles. The zero-order chi connectivity index (χ0) is 13.1. The molecule has 0 saturated carbocycles. The monoisotopic (exact) mass is 281 g/mol. The number of carbonyl (C=O) groups is 1. The van der Waals surface area contributed by atoms with Gasteiger partial charge in [0.05, 0.1) is 22.3 Å². The molecule has 0 radical (unpaired) electrons. The molecule has 1 aromatic heterocycles. The summed E-state index contributed by atoms with van der Waals surface area (Å²) < 4.78 is 0. The topological polar surface area (TPSA) is 49.3 Å². The molecule has 1 aromatic carbocycles. The summed E-state index contributed by atoms with van der Waals surface area (Å²) in [4.78, 5) is 12.0. The quantitative estimate of drug-likeness (QED) is 0.880. The van der Waals surface area contributed by atoms with Crippen LogP contribution in [0.3, 0.4) is 0 Å². The molecule has 18 heavy (non-hydrogen) atoms. The van der Waals surface area contributed by atoms with Gasteiger partial charge in [0.2, 0.25) is 0 Å². The Morgan fingerprint density at radius 3 is 2.78 bits per heavy atom. The molecule has 0 fully saturated rings. The number of hydrogen-bond donors (Lipinski definition) is 2. The summed E-state index contributed by atoms with van der Waals surface area (Å²) in [6.07, 6.45) is 0. The molecule has 0 spiro atoms. The normalized spacial score (nSPS) is 12.1. The number of aromatic carboxylic acids is 1. The van der Waals surface area contributed by atoms with Crippen molar-refractivity contribution in [3.8, 4) is 0 Å². The average Bonchev–Trinajstić information content (AvgIpc) is 2.85. The van der Waals surface area contributed by atoms with Gasteiger partial charge in [0.15, 0.2) is 0 Å². The summed E-state index contributed by atoms with van der Waals surface area (Å²) in [6.45, 7) is 2.03. The molecule has 3 nitrogen and oxygen atoms in total. The molecule has 2 aromatic rings. The Kier molecular flexibility index (Phi) is 3.89. The van der Waals surface area contributed by atoms with Gasteiger partial charge in [0, 0.05) is 4.88 Å². The third kappa shape index (κ3) is 2.83. The van der Waals surface area contributed by atoms with Gasteiger partial charge in [-0.3, -0.25) is 0 Å². The van der Waals surface area contributed by atoms with Crippen LogP contribution < -0.4 is 5.32 Å². The van der Waals surface area contributed by atoms with Crippen LogP contribution in [0.5, 0.6) is 0 Å². The van der Waals surface area contributed by atoms with Crippen molar-refractivity contribution in [3.05, 3.63) is 51.2 Å². The van der Waals surface area contributed by atoms with E-state index in [-0.39, 0.29) is 11.6 Å². The standard InChI is InChI=1S/C13H12ClNO2S/c1-8(12-3-2-6-18-12)15-11-5-4-9(13(16)17)7-10(11)14/h2-8,15H,1H3,(H,16,17). The molecule has 2 rings (SSSR count). The zero-order valence-corrected chi connectivity index (χ0v) is 11.3. The van der Waals surface area contributed by atoms with Gasteiger partial charge in [0.1, 0.15) is 0 Å². The first-order chi connectivity index (χ1) is 8.58. The van der Waals surface area contributed by atoms with E-state index in [1.165, 1.54) is 17.0 Å². The second kappa shape index (κ2) is 5.42. The second-order valence-corrected chi connectivity index (χ2v) is 5.27. The minimum Gasteiger partial charge on any atom is -0.478 e. The molecule has 0 aliphatic rings. The van der Waals surface area contributed by atoms with Gasteiger partial charge in [-0.05, 0) is 36.6 Å². The molecular weight excluding hydrogens is 270 g/mol. The van der Waals surface area contributed by atoms with Crippen molar-refractivity contribution in [3.63, 3.8) is 0 Å². The van der Waals surface area contributed by atoms with Crippen LogP contribution >= 0.6 is 22.9 Å². The maximum absolute atomic E-state index is 10.8. The molecule has 5 heteroatoms. The van der Waals surface area contributed by atoms with E-state index in [4.69, 9.17) is 16.7 Å². The van der Waals surface area contributed by atoms with Gasteiger partial charge in [-0.15, -0.1) is 11.3 Å². The van der Waals surface area contributed by atoms with Gasteiger partial charge in [-0.1, -0.05) is 17.7 Å². The van der Waals surface area contributed by atoms with Crippen LogP contribution in [-0.2, 0) is 0 Å². The van der Waals surface area contributed by atoms with Crippen molar-refractivity contribution in [1.29, 1.82) is 0 Å². The molecule has 94 valence electrons. The SMILES string of the molecule is CC(Nc1ccc(C(=O)O)cc1Cl)c1cccs1. The smallest absolute Gasteiger partial charge is 0.335 e. The van der Waals surface area contributed by atoms with Crippen LogP contribution in [0.4, 0.5) is 5.69 Å². The fourth-order valence-electron chi connectivity index (χ4n) is 1.61. The Morgan fingerprint density at radius 1 is 1.44 bits per heavy atom. The van der Waals surface area contributed by atoms with Crippen LogP contribution in [-0.4, -0.2) is 11.1 Å². The largest absolute Gasteiger partial charge is 0.478 e. The van der Waals surface area contributed by atoms with Gasteiger partial charge >= 0.3 is 5.97 Å². The van der Waals surface area contributed by atoms with Gasteiger partial charge in [0.25, 0.3) is 0 Å². The minimum absolute atomic E-state index is 0.137. The van der Waals surface area contributed by atoms with E-state index < -0.39 is 5.97 Å². The Labute approximate surface area is 114 Å². The van der Waals surface area contributed by atoms with Crippen LogP contribution in [0.15, 0.2) is 35.7 Å². The van der Waals surface area contributed by atoms with Gasteiger partial charge in [-0.2, -0.15) is 0 Å². The highest BCUT2D eigenvalue weighted by atomic mass is 35.5. The molecular formula is C13H12ClNO2S. The Morgan fingerprint density at radius 2 is 2.22 bits per heavy atom. The lowest BCUT2D eigenvalue weighted by molar-refractivity contribution is 0.0697. The van der Waals surface area contributed by atoms with Crippen molar-refractivity contribution >= 4 is 34.6 Å². The van der Waals surface area contributed by atoms with E-state index >= 15 is 0 Å². The van der Waals surface area contributed by atoms with Crippen molar-refractivity contribution in [1.82, 2.24) is 0 Å². The molecule has 1 atom stereocenters. The Bertz CT molecular complexity index is 554. The first-order valence-electron chi connectivity index (χ1n) is 5.40. The number of hydrogen-bond acceptors (Lipinski definition) is 3. The van der Waals surface area contributed by atoms with Crippen molar-refractivity contribution in [2.75, 3.05) is 5.32 Å². The molecule has 0 saturated heterocycles. The number of carboxylic acids is 1. The first-order valence-corrected chi connectivity index (χ1v) is 6.66. The maximum atomic E-state index is 10.8. The number of rotatable bonds is 4. The summed E-state index contributed by atoms with van der Waals surface area (Å²) in [5.74, 6) is -0.977. The summed E-state index contributed by atoms with van der Waals surface area (Å²) in [5, 5.41) is 14.6. The fraction of sp³-hybridized carbons (Fsp3) is 0.154. The molecule has 0 amide bonds. The fourth-order valence-corrected chi connectivity index (χ4v) is 2.58. The van der Waals surface area contributed by atoms with Crippen molar-refractivity contribution in [2.45, 2.75) is 13.0 Å². The highest BCUT2D eigenvalue weighted by Crippen LogP contribution is 2.28. The highest BCUT2D eigenvalue weighted by molar-refractivity contribution is 7.10. The van der Waals surface area contributed by atoms with E-state index in [2.05, 4.69) is 5.32 Å². The number of halogens is 1. The molecule has 2 N–H and O–H groups in total. The minimum atomic E-state index is -0.977. The number of thiophene rings is 1. The van der Waals surface area contributed by atoms with E-state index in [9.17, 15) is 4.79 Å². The Balaban J connectivity index is 2.17. The second-order valence-electron chi connectivity index (χ2n) is 3.88. The predicted octanol–water partition coefficient (Wildman–Crippen LogP) is 4.27. The lowest BCUT2D eigenvalue weighted by Gasteiger charge is -2.15. The summed E-state index contributed by atoms with van der Waals surface area (Å²) in [6, 6.07) is 8.86. The van der Waals surface area contributed by atoms with Gasteiger partial charge < -0.3 is 10.4 Å². The highest BCUT2D eigenvalue weighted by Gasteiger charge is 2.10. The Hall–Kier alpha value is -1.52. The molecule has 0 bridgehead atoms. The molecule has 1 unspecified atom stereocenters. The maximum Gasteiger partial charge on any atom is 0.335 e. The predicted molar refractivity (Wildman–Crippen MR) is 74.8 cm³/mol. The molecule has 0 aliphatic carbocycles. The van der Waals surface area contributed by atoms with E-state index in [0.29, 0.717) is 5.02 Å². The molecule has 0 aliphatic heterocycles. The number of anilines is 1. The van der Waals surface area contributed by atoms with Crippen LogP contribution in [0.2, 0.25) is 5.02 Å². The number of carboxylic acid groups (broad SMARTS) is 1. The zero-order valence-electron chi connectivity index (χ0n) is 9.68. The summed E-state index contributed by atoms with van der Waals surface area (Å²) >= 11 is 7.72. The number of nitrogens with one attached hydrogen (secondary N) is 1. The lowest BCUT2D eigenvalue weighted by atomic mass is 10.2. The number of benzene rings is 1. The van der Waals surface area contributed by atoms with Crippen LogP contribution in [0.1, 0.15) is 28.2 Å². The van der Waals surface area contributed by atoms with E-state index in [1.54, 1.807) is 17.4 Å². The third-order valence-electron chi connectivity index (χ3n) is 2.56. The van der Waals surface area contributed by atoms with Crippen molar-refractivity contribution < 1.29 is 9.90 Å². The van der Waals surface area contributed by atoms with E-state index in [1.807, 2.05) is 24.4 Å². The average molecular weight is 282 g/mol. The van der Waals surface area contributed by atoms with Crippen LogP contribution in [0, 0.1) is 0 Å². The van der Waals surface area contributed by atoms with Crippen molar-refractivity contribution in [2.24, 2.45) is 0 Å². The first kappa shape index (κ1) is 12.9. The summed E-state index contributed by atoms with van der Waals surface area (Å²) in [7, 11) is 0. The van der Waals surface area contributed by atoms with Gasteiger partial charge in [-0.25, -0.2) is 4.79 Å². The van der Waals surface area contributed by atoms with Crippen LogP contribution in [0.25, 0.3) is 0 Å². The lowest BCUT2D eigenvalue weighted by Crippen LogP contribution is -2.06. The summed E-state index contributed by atoms with van der Waals surface area (Å²) in [5.41, 5.74) is 0.928.